The van der Waals surface area contributed by atoms with Crippen molar-refractivity contribution < 1.29 is 22.7 Å². The summed E-state index contributed by atoms with van der Waals surface area (Å²) in [6.07, 6.45) is 1.61. The van der Waals surface area contributed by atoms with Gasteiger partial charge in [-0.3, -0.25) is 0 Å². The van der Waals surface area contributed by atoms with Crippen LogP contribution < -0.4 is 4.74 Å². The summed E-state index contributed by atoms with van der Waals surface area (Å²) < 4.78 is 38.9. The highest BCUT2D eigenvalue weighted by Gasteiger charge is 2.40. The molecule has 0 bridgehead atoms. The van der Waals surface area contributed by atoms with Crippen LogP contribution in [0.4, 0.5) is 0 Å². The van der Waals surface area contributed by atoms with Gasteiger partial charge in [-0.15, -0.1) is 0 Å². The minimum atomic E-state index is -3.76. The second-order valence-electron chi connectivity index (χ2n) is 7.75. The fourth-order valence-corrected chi connectivity index (χ4v) is 5.97. The van der Waals surface area contributed by atoms with E-state index >= 15 is 0 Å². The molecule has 0 unspecified atom stereocenters. The average Bonchev–Trinajstić information content (AvgIpc) is 3.48. The predicted molar refractivity (Wildman–Crippen MR) is 116 cm³/mol. The number of aromatic nitrogens is 2. The summed E-state index contributed by atoms with van der Waals surface area (Å²) in [5, 5.41) is 0. The number of H-pyrrole nitrogens is 1. The molecule has 1 aliphatic carbocycles. The smallest absolute Gasteiger partial charge is 0.340 e. The molecule has 4 rings (SSSR count). The Morgan fingerprint density at radius 1 is 1.19 bits per heavy atom. The van der Waals surface area contributed by atoms with Crippen LogP contribution in [0, 0.1) is 13.8 Å². The van der Waals surface area contributed by atoms with E-state index in [-0.39, 0.29) is 12.6 Å². The molecule has 0 aliphatic heterocycles. The number of rotatable bonds is 7. The molecule has 0 atom stereocenters. The topological polar surface area (TPSA) is 102 Å². The number of carbonyl (C=O) groups is 1. The largest absolute Gasteiger partial charge is 0.497 e. The number of benzene rings is 2. The molecule has 0 radical (unpaired) electrons. The lowest BCUT2D eigenvalue weighted by Crippen LogP contribution is -2.34. The van der Waals surface area contributed by atoms with Crippen LogP contribution in [0.15, 0.2) is 35.2 Å². The maximum absolute atomic E-state index is 13.7. The number of imidazole rings is 1. The Hall–Kier alpha value is -2.91. The number of methoxy groups -OCH3 is 2. The Morgan fingerprint density at radius 2 is 1.87 bits per heavy atom. The van der Waals surface area contributed by atoms with E-state index in [1.807, 2.05) is 0 Å². The normalized spacial score (nSPS) is 14.2. The molecule has 9 heteroatoms. The Kier molecular flexibility index (Phi) is 5.49. The third kappa shape index (κ3) is 3.90. The van der Waals surface area contributed by atoms with Crippen LogP contribution in [0.2, 0.25) is 0 Å². The zero-order chi connectivity index (χ0) is 22.3. The van der Waals surface area contributed by atoms with Crippen molar-refractivity contribution >= 4 is 27.0 Å². The molecule has 0 spiro atoms. The molecular formula is C22H25N3O5S. The van der Waals surface area contributed by atoms with Crippen LogP contribution in [0.1, 0.15) is 40.2 Å². The number of hydrogen-bond donors (Lipinski definition) is 1. The van der Waals surface area contributed by atoms with E-state index in [2.05, 4.69) is 9.97 Å². The maximum atomic E-state index is 13.7. The van der Waals surface area contributed by atoms with Gasteiger partial charge in [-0.05, 0) is 62.1 Å². The maximum Gasteiger partial charge on any atom is 0.340 e. The van der Waals surface area contributed by atoms with Crippen LogP contribution in [0.5, 0.6) is 5.75 Å². The Balaban J connectivity index is 1.74. The van der Waals surface area contributed by atoms with Gasteiger partial charge in [0.2, 0.25) is 10.0 Å². The first kappa shape index (κ1) is 21.3. The highest BCUT2D eigenvalue weighted by Crippen LogP contribution is 2.36. The molecule has 2 aromatic carbocycles. The molecule has 1 N–H and O–H groups in total. The molecule has 0 saturated heterocycles. The van der Waals surface area contributed by atoms with Crippen molar-refractivity contribution in [1.82, 2.24) is 14.3 Å². The Labute approximate surface area is 181 Å². The van der Waals surface area contributed by atoms with Crippen LogP contribution >= 0.6 is 0 Å². The van der Waals surface area contributed by atoms with Gasteiger partial charge in [-0.1, -0.05) is 6.07 Å². The predicted octanol–water partition coefficient (Wildman–Crippen LogP) is 3.33. The molecule has 3 aromatic rings. The monoisotopic (exact) mass is 443 g/mol. The number of aromatic amines is 1. The van der Waals surface area contributed by atoms with Crippen LogP contribution in [0.25, 0.3) is 11.0 Å². The second-order valence-corrected chi connectivity index (χ2v) is 9.58. The van der Waals surface area contributed by atoms with Gasteiger partial charge in [0.25, 0.3) is 0 Å². The zero-order valence-corrected chi connectivity index (χ0v) is 18.7. The first-order valence-corrected chi connectivity index (χ1v) is 11.4. The summed E-state index contributed by atoms with van der Waals surface area (Å²) in [7, 11) is -0.891. The molecule has 1 heterocycles. The third-order valence-corrected chi connectivity index (χ3v) is 7.67. The number of hydrogen-bond acceptors (Lipinski definition) is 6. The molecule has 31 heavy (non-hydrogen) atoms. The van der Waals surface area contributed by atoms with Gasteiger partial charge in [0.15, 0.2) is 0 Å². The van der Waals surface area contributed by atoms with Crippen molar-refractivity contribution in [3.05, 3.63) is 52.8 Å². The minimum absolute atomic E-state index is 0.0702. The van der Waals surface area contributed by atoms with E-state index in [1.54, 1.807) is 51.3 Å². The summed E-state index contributed by atoms with van der Waals surface area (Å²) in [5.41, 5.74) is 2.74. The van der Waals surface area contributed by atoms with E-state index in [9.17, 15) is 13.2 Å². The Morgan fingerprint density at radius 3 is 2.45 bits per heavy atom. The molecule has 1 fully saturated rings. The number of sulfonamides is 1. The number of carbonyl (C=O) groups excluding carboxylic acids is 1. The van der Waals surface area contributed by atoms with Crippen LogP contribution in [-0.2, 0) is 21.3 Å². The summed E-state index contributed by atoms with van der Waals surface area (Å²) in [5.74, 6) is 0.616. The number of fused-ring (bicyclic) bond motifs is 1. The Bertz CT molecular complexity index is 1240. The fraction of sp³-hybridized carbons (Fsp3) is 0.364. The number of para-hydroxylation sites is 1. The highest BCUT2D eigenvalue weighted by molar-refractivity contribution is 7.89. The first-order chi connectivity index (χ1) is 14.8. The second kappa shape index (κ2) is 7.97. The summed E-state index contributed by atoms with van der Waals surface area (Å²) in [6, 6.07) is 8.56. The van der Waals surface area contributed by atoms with Gasteiger partial charge < -0.3 is 14.5 Å². The van der Waals surface area contributed by atoms with Gasteiger partial charge >= 0.3 is 5.97 Å². The van der Waals surface area contributed by atoms with E-state index in [0.717, 1.165) is 12.8 Å². The molecule has 1 saturated carbocycles. The third-order valence-electron chi connectivity index (χ3n) is 5.46. The summed E-state index contributed by atoms with van der Waals surface area (Å²) in [4.78, 5) is 20.0. The van der Waals surface area contributed by atoms with Crippen LogP contribution in [-0.4, -0.2) is 48.9 Å². The van der Waals surface area contributed by atoms with Crippen molar-refractivity contribution in [3.63, 3.8) is 0 Å². The van der Waals surface area contributed by atoms with E-state index in [4.69, 9.17) is 9.47 Å². The lowest BCUT2D eigenvalue weighted by atomic mass is 10.1. The van der Waals surface area contributed by atoms with Crippen molar-refractivity contribution in [2.75, 3.05) is 14.2 Å². The number of aryl methyl sites for hydroxylation is 2. The van der Waals surface area contributed by atoms with Crippen molar-refractivity contribution in [2.45, 2.75) is 44.2 Å². The molecule has 164 valence electrons. The fourth-order valence-electron chi connectivity index (χ4n) is 3.91. The van der Waals surface area contributed by atoms with Crippen LogP contribution in [0.3, 0.4) is 0 Å². The molecule has 8 nitrogen and oxygen atoms in total. The molecular weight excluding hydrogens is 418 g/mol. The number of esters is 1. The number of ether oxygens (including phenoxy) is 2. The minimum Gasteiger partial charge on any atom is -0.497 e. The number of nitrogens with zero attached hydrogens (tertiary/aromatic N) is 2. The zero-order valence-electron chi connectivity index (χ0n) is 17.9. The van der Waals surface area contributed by atoms with Gasteiger partial charge in [0, 0.05) is 6.04 Å². The molecule has 1 aromatic heterocycles. The van der Waals surface area contributed by atoms with E-state index in [0.29, 0.717) is 44.2 Å². The standard InChI is InChI=1S/C22H25N3O5S/c1-13-10-16(29-3)11-14(2)21(13)31(27,28)25(15-8-9-15)12-19-23-18-7-5-6-17(20(18)24-19)22(26)30-4/h5-7,10-11,15H,8-9,12H2,1-4H3,(H,23,24). The van der Waals surface area contributed by atoms with Crippen molar-refractivity contribution in [2.24, 2.45) is 0 Å². The highest BCUT2D eigenvalue weighted by atomic mass is 32.2. The summed E-state index contributed by atoms with van der Waals surface area (Å²) >= 11 is 0. The van der Waals surface area contributed by atoms with Gasteiger partial charge in [-0.25, -0.2) is 18.2 Å². The van der Waals surface area contributed by atoms with E-state index in [1.165, 1.54) is 11.4 Å². The van der Waals surface area contributed by atoms with Crippen molar-refractivity contribution in [1.29, 1.82) is 0 Å². The SMILES string of the molecule is COC(=O)c1cccc2[nH]c(CN(C3CC3)S(=O)(=O)c3c(C)cc(OC)cc3C)nc12. The number of nitrogens with one attached hydrogen (secondary N) is 1. The summed E-state index contributed by atoms with van der Waals surface area (Å²) in [6.45, 7) is 3.64. The molecule has 1 aliphatic rings. The van der Waals surface area contributed by atoms with Crippen molar-refractivity contribution in [3.8, 4) is 5.75 Å². The first-order valence-electron chi connectivity index (χ1n) is 9.99. The lowest BCUT2D eigenvalue weighted by Gasteiger charge is -2.23. The lowest BCUT2D eigenvalue weighted by molar-refractivity contribution is 0.0602. The quantitative estimate of drug-likeness (QED) is 0.562. The van der Waals surface area contributed by atoms with Gasteiger partial charge in [0.05, 0.1) is 36.7 Å². The average molecular weight is 444 g/mol. The van der Waals surface area contributed by atoms with Gasteiger partial charge in [-0.2, -0.15) is 4.31 Å². The molecule has 0 amide bonds. The van der Waals surface area contributed by atoms with E-state index < -0.39 is 16.0 Å². The van der Waals surface area contributed by atoms with Gasteiger partial charge in [0.1, 0.15) is 17.1 Å².